The minimum absolute atomic E-state index is 0.335. The number of Topliss-reactive ketones (excluding diaryl/α,β-unsaturated/α-hetero) is 1. The molecule has 5 aliphatic carbocycles. The molecule has 1 heteroatoms. The summed E-state index contributed by atoms with van der Waals surface area (Å²) in [6.07, 6.45) is 14.8. The van der Waals surface area contributed by atoms with E-state index in [1.54, 1.807) is 0 Å². The molecule has 0 aromatic carbocycles. The molecule has 5 fully saturated rings. The van der Waals surface area contributed by atoms with Crippen LogP contribution in [0.15, 0.2) is 12.2 Å². The molecule has 0 amide bonds. The maximum Gasteiger partial charge on any atom is 0.136 e. The highest BCUT2D eigenvalue weighted by Gasteiger charge is 2.81. The second kappa shape index (κ2) is 6.96. The van der Waals surface area contributed by atoms with Crippen LogP contribution in [0.25, 0.3) is 0 Å². The highest BCUT2D eigenvalue weighted by molar-refractivity contribution is 5.82. The van der Waals surface area contributed by atoms with Gasteiger partial charge in [0.05, 0.1) is 0 Å². The first-order chi connectivity index (χ1) is 14.5. The van der Waals surface area contributed by atoms with Crippen LogP contribution in [0.2, 0.25) is 0 Å². The lowest BCUT2D eigenvalue weighted by Crippen LogP contribution is -2.55. The molecular weight excluding hydrogens is 376 g/mol. The lowest BCUT2D eigenvalue weighted by Gasteiger charge is -2.61. The van der Waals surface area contributed by atoms with E-state index < -0.39 is 0 Å². The Bertz CT molecular complexity index is 781. The van der Waals surface area contributed by atoms with Crippen LogP contribution in [0.3, 0.4) is 0 Å². The van der Waals surface area contributed by atoms with Crippen molar-refractivity contribution in [3.8, 4) is 0 Å². The third-order valence-corrected chi connectivity index (χ3v) is 13.1. The van der Waals surface area contributed by atoms with Gasteiger partial charge in [0.1, 0.15) is 5.78 Å². The fraction of sp³-hybridized carbons (Fsp3) is 0.900. The Morgan fingerprint density at radius 2 is 1.74 bits per heavy atom. The molecule has 31 heavy (non-hydrogen) atoms. The van der Waals surface area contributed by atoms with Crippen LogP contribution >= 0.6 is 0 Å². The maximum absolute atomic E-state index is 12.5. The van der Waals surface area contributed by atoms with Gasteiger partial charge >= 0.3 is 0 Å². The highest BCUT2D eigenvalue weighted by atomic mass is 16.1. The van der Waals surface area contributed by atoms with E-state index in [1.807, 2.05) is 0 Å². The summed E-state index contributed by atoms with van der Waals surface area (Å²) in [6, 6.07) is 0. The number of carbonyl (C=O) groups excluding carboxylic acids is 1. The van der Waals surface area contributed by atoms with E-state index in [2.05, 4.69) is 48.1 Å². The van der Waals surface area contributed by atoms with Gasteiger partial charge in [0.15, 0.2) is 0 Å². The van der Waals surface area contributed by atoms with Crippen LogP contribution in [0.4, 0.5) is 0 Å². The summed E-state index contributed by atoms with van der Waals surface area (Å²) < 4.78 is 0. The number of fused-ring (bicyclic) bond motifs is 2. The van der Waals surface area contributed by atoms with Gasteiger partial charge in [0.2, 0.25) is 0 Å². The molecule has 0 bridgehead atoms. The van der Waals surface area contributed by atoms with E-state index in [0.717, 1.165) is 24.2 Å². The van der Waals surface area contributed by atoms with Gasteiger partial charge in [-0.05, 0) is 122 Å². The molecule has 2 spiro atoms. The van der Waals surface area contributed by atoms with Crippen LogP contribution in [0.5, 0.6) is 0 Å². The summed E-state index contributed by atoms with van der Waals surface area (Å²) in [5.41, 5.74) is 3.54. The molecule has 174 valence electrons. The first-order valence-corrected chi connectivity index (χ1v) is 13.7. The maximum atomic E-state index is 12.5. The van der Waals surface area contributed by atoms with Gasteiger partial charge in [-0.3, -0.25) is 4.79 Å². The predicted octanol–water partition coefficient (Wildman–Crippen LogP) is 8.23. The van der Waals surface area contributed by atoms with E-state index in [4.69, 9.17) is 0 Å². The van der Waals surface area contributed by atoms with Gasteiger partial charge in [-0.25, -0.2) is 0 Å². The number of allylic oxidation sites excluding steroid dienone is 1. The second-order valence-electron chi connectivity index (χ2n) is 13.8. The minimum Gasteiger partial charge on any atom is -0.299 e. The number of carbonyl (C=O) groups is 1. The summed E-state index contributed by atoms with van der Waals surface area (Å²) in [4.78, 5) is 12.5. The molecule has 0 aliphatic heterocycles. The van der Waals surface area contributed by atoms with Crippen molar-refractivity contribution in [3.05, 3.63) is 12.2 Å². The predicted molar refractivity (Wildman–Crippen MR) is 130 cm³/mol. The molecule has 5 rings (SSSR count). The Kier molecular flexibility index (Phi) is 4.99. The topological polar surface area (TPSA) is 17.1 Å². The van der Waals surface area contributed by atoms with Gasteiger partial charge in [0, 0.05) is 12.3 Å². The van der Waals surface area contributed by atoms with E-state index in [1.165, 1.54) is 69.8 Å². The molecule has 5 saturated carbocycles. The normalized spacial score (nSPS) is 52.4. The molecule has 5 aliphatic rings. The smallest absolute Gasteiger partial charge is 0.136 e. The second-order valence-corrected chi connectivity index (χ2v) is 13.8. The molecule has 1 nitrogen and oxygen atoms in total. The quantitative estimate of drug-likeness (QED) is 0.406. The van der Waals surface area contributed by atoms with E-state index >= 15 is 0 Å². The number of rotatable bonds is 5. The van der Waals surface area contributed by atoms with Crippen molar-refractivity contribution in [2.45, 2.75) is 112 Å². The van der Waals surface area contributed by atoms with Gasteiger partial charge in [-0.2, -0.15) is 0 Å². The number of hydrogen-bond donors (Lipinski definition) is 0. The Hall–Kier alpha value is -0.590. The molecule has 0 radical (unpaired) electrons. The van der Waals surface area contributed by atoms with Crippen molar-refractivity contribution in [3.63, 3.8) is 0 Å². The van der Waals surface area contributed by atoms with E-state index in [0.29, 0.717) is 45.2 Å². The van der Waals surface area contributed by atoms with E-state index in [-0.39, 0.29) is 0 Å². The zero-order chi connectivity index (χ0) is 22.4. The van der Waals surface area contributed by atoms with Crippen molar-refractivity contribution in [1.29, 1.82) is 0 Å². The highest BCUT2D eigenvalue weighted by Crippen LogP contribution is 2.88. The van der Waals surface area contributed by atoms with Crippen LogP contribution in [0, 0.1) is 57.2 Å². The zero-order valence-corrected chi connectivity index (χ0v) is 21.4. The molecule has 0 aromatic heterocycles. The fourth-order valence-electron chi connectivity index (χ4n) is 10.8. The third kappa shape index (κ3) is 2.70. The summed E-state index contributed by atoms with van der Waals surface area (Å²) in [7, 11) is 0. The molecule has 10 atom stereocenters. The largest absolute Gasteiger partial charge is 0.299 e. The van der Waals surface area contributed by atoms with Gasteiger partial charge in [-0.1, -0.05) is 46.8 Å². The molecule has 3 unspecified atom stereocenters. The van der Waals surface area contributed by atoms with E-state index in [9.17, 15) is 4.79 Å². The van der Waals surface area contributed by atoms with Crippen LogP contribution in [-0.4, -0.2) is 5.78 Å². The lowest BCUT2D eigenvalue weighted by atomic mass is 9.43. The number of ketones is 1. The van der Waals surface area contributed by atoms with Crippen LogP contribution in [-0.2, 0) is 4.79 Å². The standard InChI is InChI=1S/C30H48O/c1-19(2)20(3)8-9-21(4)23-12-14-28(7)26-11-10-24-22(5)25(31)13-15-29(24)18-30(26,29)17-16-27(23,28)6/h20-24,26H,1,8-18H2,2-7H3/t20?,21?,22?,23-,24+,26+,27-,28+,29-,30+/m1/s1. The van der Waals surface area contributed by atoms with Crippen LogP contribution < -0.4 is 0 Å². The average molecular weight is 425 g/mol. The monoisotopic (exact) mass is 424 g/mol. The van der Waals surface area contributed by atoms with Gasteiger partial charge < -0.3 is 0 Å². The molecule has 0 N–H and O–H groups in total. The first-order valence-electron chi connectivity index (χ1n) is 13.7. The van der Waals surface area contributed by atoms with Crippen molar-refractivity contribution in [2.75, 3.05) is 0 Å². The Labute approximate surface area is 192 Å². The van der Waals surface area contributed by atoms with Crippen molar-refractivity contribution in [2.24, 2.45) is 57.2 Å². The van der Waals surface area contributed by atoms with Gasteiger partial charge in [-0.15, -0.1) is 0 Å². The summed E-state index contributed by atoms with van der Waals surface area (Å²) in [6.45, 7) is 19.0. The SMILES string of the molecule is C=C(C)C(C)CCC(C)[C@H]1CC[C@@]2(C)[C@@H]3CC[C@H]4C(C)C(=O)CC[C@@]45C[C@@]35CC[C@]12C. The third-order valence-electron chi connectivity index (χ3n) is 13.1. The first kappa shape index (κ1) is 22.2. The molecule has 0 saturated heterocycles. The minimum atomic E-state index is 0.335. The Morgan fingerprint density at radius 3 is 2.45 bits per heavy atom. The zero-order valence-electron chi connectivity index (χ0n) is 21.4. The van der Waals surface area contributed by atoms with Crippen molar-refractivity contribution < 1.29 is 4.79 Å². The van der Waals surface area contributed by atoms with Gasteiger partial charge in [0.25, 0.3) is 0 Å². The number of hydrogen-bond acceptors (Lipinski definition) is 1. The molecular formula is C30H48O. The Balaban J connectivity index is 1.38. The Morgan fingerprint density at radius 1 is 1.00 bits per heavy atom. The average Bonchev–Trinajstić information content (AvgIpc) is 3.31. The lowest BCUT2D eigenvalue weighted by molar-refractivity contribution is -0.146. The van der Waals surface area contributed by atoms with Crippen LogP contribution in [0.1, 0.15) is 112 Å². The molecule has 0 aromatic rings. The van der Waals surface area contributed by atoms with Crippen molar-refractivity contribution >= 4 is 5.78 Å². The summed E-state index contributed by atoms with van der Waals surface area (Å²) in [5, 5.41) is 0. The van der Waals surface area contributed by atoms with Crippen molar-refractivity contribution in [1.82, 2.24) is 0 Å². The molecule has 0 heterocycles. The fourth-order valence-corrected chi connectivity index (χ4v) is 10.8. The summed E-state index contributed by atoms with van der Waals surface area (Å²) >= 11 is 0. The summed E-state index contributed by atoms with van der Waals surface area (Å²) in [5.74, 6) is 4.92.